The van der Waals surface area contributed by atoms with Gasteiger partial charge in [0.25, 0.3) is 0 Å². The van der Waals surface area contributed by atoms with Gasteiger partial charge in [0.15, 0.2) is 0 Å². The van der Waals surface area contributed by atoms with Crippen molar-refractivity contribution in [3.8, 4) is 0 Å². The van der Waals surface area contributed by atoms with E-state index in [2.05, 4.69) is 68.6 Å². The summed E-state index contributed by atoms with van der Waals surface area (Å²) in [6, 6.07) is 20.3. The Balaban J connectivity index is 1.77. The third-order valence-electron chi connectivity index (χ3n) is 5.23. The van der Waals surface area contributed by atoms with E-state index in [1.165, 1.54) is 11.1 Å². The minimum absolute atomic E-state index is 0.0273. The second-order valence-electron chi connectivity index (χ2n) is 8.04. The maximum absolute atomic E-state index is 10.6. The van der Waals surface area contributed by atoms with E-state index >= 15 is 0 Å². The van der Waals surface area contributed by atoms with Gasteiger partial charge in [-0.15, -0.1) is 0 Å². The predicted molar refractivity (Wildman–Crippen MR) is 122 cm³/mol. The number of benzene rings is 2. The number of aliphatic hydroxyl groups excluding tert-OH is 1. The van der Waals surface area contributed by atoms with Gasteiger partial charge in [-0.3, -0.25) is 4.99 Å². The van der Waals surface area contributed by atoms with Gasteiger partial charge in [-0.2, -0.15) is 0 Å². The third-order valence-corrected chi connectivity index (χ3v) is 5.23. The van der Waals surface area contributed by atoms with E-state index in [0.29, 0.717) is 12.3 Å². The van der Waals surface area contributed by atoms with Crippen LogP contribution in [0, 0.1) is 5.92 Å². The first-order valence-electron chi connectivity index (χ1n) is 10.5. The van der Waals surface area contributed by atoms with E-state index in [1.807, 2.05) is 36.4 Å². The van der Waals surface area contributed by atoms with Crippen molar-refractivity contribution in [3.63, 3.8) is 0 Å². The molecular weight excluding hydrogens is 356 g/mol. The van der Waals surface area contributed by atoms with Crippen LogP contribution in [0.5, 0.6) is 0 Å². The highest BCUT2D eigenvalue weighted by Crippen LogP contribution is 2.31. The Morgan fingerprint density at radius 1 is 1.07 bits per heavy atom. The maximum atomic E-state index is 10.6. The average Bonchev–Trinajstić information content (AvgIpc) is 3.16. The fourth-order valence-corrected chi connectivity index (χ4v) is 3.64. The quantitative estimate of drug-likeness (QED) is 0.564. The number of hydrogen-bond acceptors (Lipinski definition) is 3. The lowest BCUT2D eigenvalue weighted by Gasteiger charge is -2.20. The molecule has 3 atom stereocenters. The number of nitrogens with one attached hydrogen (secondary N) is 1. The Morgan fingerprint density at radius 3 is 2.38 bits per heavy atom. The molecule has 3 rings (SSSR count). The molecule has 0 amide bonds. The zero-order valence-corrected chi connectivity index (χ0v) is 17.6. The molecule has 1 heterocycles. The number of amidine groups is 1. The number of aliphatic hydroxyl groups is 1. The summed E-state index contributed by atoms with van der Waals surface area (Å²) in [7, 11) is 0. The van der Waals surface area contributed by atoms with Crippen LogP contribution in [-0.4, -0.2) is 17.0 Å². The first kappa shape index (κ1) is 21.1. The van der Waals surface area contributed by atoms with E-state index in [1.54, 1.807) is 0 Å². The Kier molecular flexibility index (Phi) is 7.42. The molecule has 152 valence electrons. The SMILES string of the molecule is C/C(=C\C/C=C\C(C)C)[C@H]1NC(CC(O)c2ccccc2)=N[C@H]1c1ccccc1. The number of hydrogen-bond donors (Lipinski definition) is 2. The predicted octanol–water partition coefficient (Wildman–Crippen LogP) is 5.77. The van der Waals surface area contributed by atoms with Crippen LogP contribution in [0.2, 0.25) is 0 Å². The monoisotopic (exact) mass is 388 g/mol. The number of aliphatic imine (C=N–C) groups is 1. The Hall–Kier alpha value is -2.65. The standard InChI is InChI=1S/C26H32N2O/c1-19(2)12-10-11-13-20(3)25-26(22-16-8-5-9-17-22)28-24(27-25)18-23(29)21-14-6-4-7-15-21/h4-10,12-17,19,23,25-26,29H,11,18H2,1-3H3,(H,27,28)/b12-10-,20-13+/t23?,25-,26+/m1/s1. The number of rotatable bonds is 8. The molecule has 2 aromatic carbocycles. The molecule has 1 unspecified atom stereocenters. The number of nitrogens with zero attached hydrogens (tertiary/aromatic N) is 1. The lowest BCUT2D eigenvalue weighted by atomic mass is 9.95. The molecule has 0 saturated carbocycles. The van der Waals surface area contributed by atoms with Gasteiger partial charge in [0.05, 0.1) is 12.1 Å². The molecule has 3 heteroatoms. The first-order valence-corrected chi connectivity index (χ1v) is 10.5. The van der Waals surface area contributed by atoms with Crippen molar-refractivity contribution in [1.82, 2.24) is 5.32 Å². The van der Waals surface area contributed by atoms with Crippen LogP contribution in [0.4, 0.5) is 0 Å². The van der Waals surface area contributed by atoms with Crippen LogP contribution >= 0.6 is 0 Å². The number of allylic oxidation sites excluding steroid dienone is 3. The topological polar surface area (TPSA) is 44.6 Å². The molecule has 0 spiro atoms. The molecule has 0 saturated heterocycles. The van der Waals surface area contributed by atoms with Gasteiger partial charge >= 0.3 is 0 Å². The molecule has 0 aliphatic carbocycles. The van der Waals surface area contributed by atoms with Crippen molar-refractivity contribution in [2.24, 2.45) is 10.9 Å². The molecular formula is C26H32N2O. The lowest BCUT2D eigenvalue weighted by molar-refractivity contribution is 0.185. The smallest absolute Gasteiger partial charge is 0.101 e. The van der Waals surface area contributed by atoms with Crippen molar-refractivity contribution in [3.05, 3.63) is 95.6 Å². The van der Waals surface area contributed by atoms with Crippen LogP contribution in [0.25, 0.3) is 0 Å². The van der Waals surface area contributed by atoms with Crippen molar-refractivity contribution in [1.29, 1.82) is 0 Å². The summed E-state index contributed by atoms with van der Waals surface area (Å²) in [5.74, 6) is 1.44. The molecule has 1 aliphatic heterocycles. The van der Waals surface area contributed by atoms with E-state index in [9.17, 15) is 5.11 Å². The molecule has 3 nitrogen and oxygen atoms in total. The molecule has 2 N–H and O–H groups in total. The second kappa shape index (κ2) is 10.2. The summed E-state index contributed by atoms with van der Waals surface area (Å²) in [6.45, 7) is 6.55. The summed E-state index contributed by atoms with van der Waals surface area (Å²) < 4.78 is 0. The van der Waals surface area contributed by atoms with Crippen molar-refractivity contribution in [2.75, 3.05) is 0 Å². The van der Waals surface area contributed by atoms with Gasteiger partial charge in [-0.25, -0.2) is 0 Å². The van der Waals surface area contributed by atoms with Crippen LogP contribution in [-0.2, 0) is 0 Å². The normalized spacial score (nSPS) is 20.7. The van der Waals surface area contributed by atoms with Gasteiger partial charge in [0, 0.05) is 6.42 Å². The minimum atomic E-state index is -0.559. The molecule has 29 heavy (non-hydrogen) atoms. The Labute approximate surface area is 174 Å². The van der Waals surface area contributed by atoms with Crippen LogP contribution in [0.3, 0.4) is 0 Å². The minimum Gasteiger partial charge on any atom is -0.388 e. The summed E-state index contributed by atoms with van der Waals surface area (Å²) in [5.41, 5.74) is 3.39. The van der Waals surface area contributed by atoms with E-state index in [0.717, 1.165) is 17.8 Å². The first-order chi connectivity index (χ1) is 14.0. The van der Waals surface area contributed by atoms with E-state index in [-0.39, 0.29) is 12.1 Å². The fraction of sp³-hybridized carbons (Fsp3) is 0.346. The van der Waals surface area contributed by atoms with E-state index < -0.39 is 6.10 Å². The molecule has 0 aromatic heterocycles. The summed E-state index contributed by atoms with van der Waals surface area (Å²) >= 11 is 0. The third kappa shape index (κ3) is 5.91. The Morgan fingerprint density at radius 2 is 1.72 bits per heavy atom. The largest absolute Gasteiger partial charge is 0.388 e. The zero-order chi connectivity index (χ0) is 20.6. The second-order valence-corrected chi connectivity index (χ2v) is 8.04. The lowest BCUT2D eigenvalue weighted by Crippen LogP contribution is -2.33. The van der Waals surface area contributed by atoms with E-state index in [4.69, 9.17) is 4.99 Å². The summed E-state index contributed by atoms with van der Waals surface area (Å²) in [4.78, 5) is 4.97. The molecule has 0 radical (unpaired) electrons. The molecule has 0 fully saturated rings. The highest BCUT2D eigenvalue weighted by atomic mass is 16.3. The van der Waals surface area contributed by atoms with Gasteiger partial charge in [-0.1, -0.05) is 98.3 Å². The highest BCUT2D eigenvalue weighted by molar-refractivity contribution is 5.85. The molecule has 2 aromatic rings. The molecule has 0 bridgehead atoms. The van der Waals surface area contributed by atoms with Gasteiger partial charge in [0.1, 0.15) is 11.9 Å². The zero-order valence-electron chi connectivity index (χ0n) is 17.6. The average molecular weight is 389 g/mol. The van der Waals surface area contributed by atoms with Crippen LogP contribution < -0.4 is 5.32 Å². The van der Waals surface area contributed by atoms with Crippen LogP contribution in [0.15, 0.2) is 89.5 Å². The van der Waals surface area contributed by atoms with Gasteiger partial charge < -0.3 is 10.4 Å². The highest BCUT2D eigenvalue weighted by Gasteiger charge is 2.31. The van der Waals surface area contributed by atoms with Crippen molar-refractivity contribution in [2.45, 2.75) is 51.8 Å². The van der Waals surface area contributed by atoms with Crippen molar-refractivity contribution >= 4 is 5.84 Å². The fourth-order valence-electron chi connectivity index (χ4n) is 3.64. The van der Waals surface area contributed by atoms with Crippen molar-refractivity contribution < 1.29 is 5.11 Å². The van der Waals surface area contributed by atoms with Gasteiger partial charge in [-0.05, 0) is 30.4 Å². The summed E-state index contributed by atoms with van der Waals surface area (Å²) in [5, 5.41) is 14.2. The maximum Gasteiger partial charge on any atom is 0.101 e. The van der Waals surface area contributed by atoms with Crippen LogP contribution in [0.1, 0.15) is 56.9 Å². The summed E-state index contributed by atoms with van der Waals surface area (Å²) in [6.07, 6.45) is 7.59. The Bertz CT molecular complexity index is 853. The van der Waals surface area contributed by atoms with Gasteiger partial charge in [0.2, 0.25) is 0 Å². The molecule has 1 aliphatic rings.